The van der Waals surface area contributed by atoms with Crippen LogP contribution in [0, 0.1) is 0 Å². The number of pyridine rings is 1. The molecule has 26 heavy (non-hydrogen) atoms. The summed E-state index contributed by atoms with van der Waals surface area (Å²) in [6, 6.07) is 9.18. The van der Waals surface area contributed by atoms with E-state index in [2.05, 4.69) is 18.1 Å². The number of imidazole rings is 1. The van der Waals surface area contributed by atoms with Crippen molar-refractivity contribution in [1.82, 2.24) is 14.3 Å². The summed E-state index contributed by atoms with van der Waals surface area (Å²) in [5.74, 6) is 0. The zero-order chi connectivity index (χ0) is 18.7. The number of fused-ring (bicyclic) bond motifs is 1. The van der Waals surface area contributed by atoms with E-state index in [1.165, 1.54) is 0 Å². The van der Waals surface area contributed by atoms with Gasteiger partial charge in [-0.2, -0.15) is 0 Å². The fraction of sp³-hybridized carbons (Fsp3) is 0.150. The summed E-state index contributed by atoms with van der Waals surface area (Å²) in [7, 11) is 0. The normalized spacial score (nSPS) is 11.2. The van der Waals surface area contributed by atoms with E-state index < -0.39 is 0 Å². The van der Waals surface area contributed by atoms with Gasteiger partial charge in [0.25, 0.3) is 0 Å². The van der Waals surface area contributed by atoms with Gasteiger partial charge in [0.2, 0.25) is 0 Å². The Morgan fingerprint density at radius 2 is 1.85 bits per heavy atom. The third kappa shape index (κ3) is 3.78. The highest BCUT2D eigenvalue weighted by Crippen LogP contribution is 2.33. The van der Waals surface area contributed by atoms with Crippen molar-refractivity contribution in [3.05, 3.63) is 77.6 Å². The molecule has 4 nitrogen and oxygen atoms in total. The number of anilines is 1. The third-order valence-corrected chi connectivity index (χ3v) is 4.62. The van der Waals surface area contributed by atoms with Gasteiger partial charge in [-0.1, -0.05) is 35.4 Å². The minimum atomic E-state index is 0.564. The first-order valence-electron chi connectivity index (χ1n) is 8.19. The second-order valence-corrected chi connectivity index (χ2v) is 6.84. The molecule has 0 saturated heterocycles. The molecule has 0 radical (unpaired) electrons. The SMILES string of the molecule is C=CCN(CC=C)Cc1c(-c2ccc(Cl)cc2Cl)nc2ccc(N)cn12. The van der Waals surface area contributed by atoms with Crippen molar-refractivity contribution in [3.63, 3.8) is 0 Å². The van der Waals surface area contributed by atoms with Crippen LogP contribution in [-0.4, -0.2) is 27.4 Å². The van der Waals surface area contributed by atoms with Gasteiger partial charge in [-0.3, -0.25) is 4.90 Å². The van der Waals surface area contributed by atoms with Crippen LogP contribution >= 0.6 is 23.2 Å². The van der Waals surface area contributed by atoms with Gasteiger partial charge in [0.15, 0.2) is 0 Å². The van der Waals surface area contributed by atoms with E-state index in [9.17, 15) is 0 Å². The monoisotopic (exact) mass is 386 g/mol. The van der Waals surface area contributed by atoms with E-state index in [4.69, 9.17) is 33.9 Å². The molecule has 6 heteroatoms. The number of hydrogen-bond donors (Lipinski definition) is 1. The highest BCUT2D eigenvalue weighted by molar-refractivity contribution is 6.36. The van der Waals surface area contributed by atoms with Crippen molar-refractivity contribution < 1.29 is 0 Å². The van der Waals surface area contributed by atoms with Crippen molar-refractivity contribution in [2.75, 3.05) is 18.8 Å². The first-order chi connectivity index (χ1) is 12.5. The van der Waals surface area contributed by atoms with Gasteiger partial charge in [-0.05, 0) is 30.3 Å². The molecule has 0 aliphatic heterocycles. The lowest BCUT2D eigenvalue weighted by Crippen LogP contribution is -2.24. The smallest absolute Gasteiger partial charge is 0.137 e. The van der Waals surface area contributed by atoms with Crippen molar-refractivity contribution in [2.45, 2.75) is 6.54 Å². The van der Waals surface area contributed by atoms with E-state index >= 15 is 0 Å². The van der Waals surface area contributed by atoms with E-state index in [0.29, 0.717) is 22.3 Å². The van der Waals surface area contributed by atoms with Crippen molar-refractivity contribution in [3.8, 4) is 11.3 Å². The van der Waals surface area contributed by atoms with Crippen LogP contribution in [0.3, 0.4) is 0 Å². The zero-order valence-corrected chi connectivity index (χ0v) is 15.8. The van der Waals surface area contributed by atoms with Crippen LogP contribution in [-0.2, 0) is 6.54 Å². The number of nitrogens with zero attached hydrogens (tertiary/aromatic N) is 3. The molecule has 0 spiro atoms. The Morgan fingerprint density at radius 3 is 2.50 bits per heavy atom. The average molecular weight is 387 g/mol. The summed E-state index contributed by atoms with van der Waals surface area (Å²) < 4.78 is 2.01. The molecule has 0 fully saturated rings. The number of nitrogens with two attached hydrogens (primary N) is 1. The zero-order valence-electron chi connectivity index (χ0n) is 14.3. The lowest BCUT2D eigenvalue weighted by Gasteiger charge is -2.19. The molecular formula is C20H20Cl2N4. The van der Waals surface area contributed by atoms with Crippen molar-refractivity contribution in [2.24, 2.45) is 0 Å². The number of benzene rings is 1. The molecule has 0 saturated carbocycles. The third-order valence-electron chi connectivity index (χ3n) is 4.07. The van der Waals surface area contributed by atoms with Crippen molar-refractivity contribution in [1.29, 1.82) is 0 Å². The van der Waals surface area contributed by atoms with Crippen LogP contribution in [0.25, 0.3) is 16.9 Å². The summed E-state index contributed by atoms with van der Waals surface area (Å²) in [5.41, 5.74) is 10.1. The number of aromatic nitrogens is 2. The van der Waals surface area contributed by atoms with Crippen LogP contribution < -0.4 is 5.73 Å². The Bertz CT molecular complexity index is 952. The molecule has 134 valence electrons. The molecule has 2 heterocycles. The van der Waals surface area contributed by atoms with E-state index in [0.717, 1.165) is 35.7 Å². The Balaban J connectivity index is 2.18. The van der Waals surface area contributed by atoms with Crippen LogP contribution in [0.5, 0.6) is 0 Å². The van der Waals surface area contributed by atoms with Crippen LogP contribution in [0.4, 0.5) is 5.69 Å². The Kier molecular flexibility index (Phi) is 5.67. The van der Waals surface area contributed by atoms with E-state index in [-0.39, 0.29) is 0 Å². The molecule has 0 bridgehead atoms. The molecule has 0 unspecified atom stereocenters. The minimum absolute atomic E-state index is 0.564. The Labute approximate surface area is 163 Å². The molecule has 3 rings (SSSR count). The predicted octanol–water partition coefficient (Wildman–Crippen LogP) is 5.06. The second-order valence-electron chi connectivity index (χ2n) is 5.99. The van der Waals surface area contributed by atoms with Crippen molar-refractivity contribution >= 4 is 34.5 Å². The maximum Gasteiger partial charge on any atom is 0.137 e. The lowest BCUT2D eigenvalue weighted by molar-refractivity contribution is 0.323. The first kappa shape index (κ1) is 18.5. The molecular weight excluding hydrogens is 367 g/mol. The van der Waals surface area contributed by atoms with Gasteiger partial charge < -0.3 is 10.1 Å². The summed E-state index contributed by atoms with van der Waals surface area (Å²) in [6.07, 6.45) is 5.62. The molecule has 2 N–H and O–H groups in total. The minimum Gasteiger partial charge on any atom is -0.398 e. The number of rotatable bonds is 7. The molecule has 0 aliphatic carbocycles. The van der Waals surface area contributed by atoms with E-state index in [1.54, 1.807) is 6.07 Å². The molecule has 0 amide bonds. The number of hydrogen-bond acceptors (Lipinski definition) is 3. The molecule has 0 atom stereocenters. The van der Waals surface area contributed by atoms with Gasteiger partial charge in [0.05, 0.1) is 16.4 Å². The summed E-state index contributed by atoms with van der Waals surface area (Å²) in [5, 5.41) is 1.15. The fourth-order valence-corrected chi connectivity index (χ4v) is 3.44. The lowest BCUT2D eigenvalue weighted by atomic mass is 10.1. The van der Waals surface area contributed by atoms with Crippen LogP contribution in [0.15, 0.2) is 61.8 Å². The summed E-state index contributed by atoms with van der Waals surface area (Å²) >= 11 is 12.5. The second kappa shape index (κ2) is 7.96. The summed E-state index contributed by atoms with van der Waals surface area (Å²) in [6.45, 7) is 9.79. The van der Waals surface area contributed by atoms with Gasteiger partial charge >= 0.3 is 0 Å². The number of nitrogen functional groups attached to an aromatic ring is 1. The topological polar surface area (TPSA) is 46.6 Å². The predicted molar refractivity (Wildman–Crippen MR) is 111 cm³/mol. The van der Waals surface area contributed by atoms with E-state index in [1.807, 2.05) is 47.0 Å². The Hall–Kier alpha value is -2.27. The number of halogens is 2. The molecule has 0 aliphatic rings. The average Bonchev–Trinajstić information content (AvgIpc) is 2.93. The highest BCUT2D eigenvalue weighted by atomic mass is 35.5. The Morgan fingerprint density at radius 1 is 1.12 bits per heavy atom. The standard InChI is InChI=1S/C20H20Cl2N4/c1-3-9-25(10-4-2)13-18-20(16-7-5-14(21)11-17(16)22)24-19-8-6-15(23)12-26(18)19/h3-8,11-12H,1-2,9-10,13,23H2. The van der Waals surface area contributed by atoms with Crippen LogP contribution in [0.1, 0.15) is 5.69 Å². The van der Waals surface area contributed by atoms with Gasteiger partial charge in [-0.25, -0.2) is 4.98 Å². The largest absolute Gasteiger partial charge is 0.398 e. The van der Waals surface area contributed by atoms with Crippen LogP contribution in [0.2, 0.25) is 10.0 Å². The quantitative estimate of drug-likeness (QED) is 0.576. The molecule has 2 aromatic heterocycles. The highest BCUT2D eigenvalue weighted by Gasteiger charge is 2.18. The van der Waals surface area contributed by atoms with Gasteiger partial charge in [0, 0.05) is 42.1 Å². The van der Waals surface area contributed by atoms with Gasteiger partial charge in [-0.15, -0.1) is 13.2 Å². The van der Waals surface area contributed by atoms with Gasteiger partial charge in [0.1, 0.15) is 5.65 Å². The fourth-order valence-electron chi connectivity index (χ4n) is 2.94. The maximum absolute atomic E-state index is 6.45. The first-order valence-corrected chi connectivity index (χ1v) is 8.95. The maximum atomic E-state index is 6.45. The summed E-state index contributed by atoms with van der Waals surface area (Å²) in [4.78, 5) is 7.00. The molecule has 3 aromatic rings. The molecule has 1 aromatic carbocycles.